The highest BCUT2D eigenvalue weighted by molar-refractivity contribution is 5.93. The van der Waals surface area contributed by atoms with Crippen LogP contribution < -0.4 is 5.32 Å². The van der Waals surface area contributed by atoms with Crippen molar-refractivity contribution in [1.29, 1.82) is 0 Å². The number of nitrogens with one attached hydrogen (secondary N) is 1. The molecule has 0 spiro atoms. The molecule has 3 aromatic rings. The number of carbonyl (C=O) groups excluding carboxylic acids is 1. The number of aromatic nitrogens is 3. The third-order valence-electron chi connectivity index (χ3n) is 6.31. The molecule has 1 unspecified atom stereocenters. The highest BCUT2D eigenvalue weighted by atomic mass is 16.3. The quantitative estimate of drug-likeness (QED) is 0.593. The first-order chi connectivity index (χ1) is 15.0. The normalized spacial score (nSPS) is 20.4. The summed E-state index contributed by atoms with van der Waals surface area (Å²) < 4.78 is 1.57. The average molecular weight is 419 g/mol. The average Bonchev–Trinajstić information content (AvgIpc) is 3.44. The lowest BCUT2D eigenvalue weighted by Gasteiger charge is -2.19. The molecule has 6 nitrogen and oxygen atoms in total. The van der Waals surface area contributed by atoms with Crippen LogP contribution in [0.4, 0.5) is 5.69 Å². The third-order valence-corrected chi connectivity index (χ3v) is 6.31. The van der Waals surface area contributed by atoms with Gasteiger partial charge < -0.3 is 10.4 Å². The number of amides is 1. The summed E-state index contributed by atoms with van der Waals surface area (Å²) in [6, 6.07) is 17.6. The van der Waals surface area contributed by atoms with E-state index < -0.39 is 6.04 Å². The number of hydrogen-bond acceptors (Lipinski definition) is 4. The highest BCUT2D eigenvalue weighted by Gasteiger charge is 2.30. The van der Waals surface area contributed by atoms with Gasteiger partial charge in [-0.3, -0.25) is 4.79 Å². The highest BCUT2D eigenvalue weighted by Crippen LogP contribution is 2.40. The summed E-state index contributed by atoms with van der Waals surface area (Å²) in [6.45, 7) is 3.60. The van der Waals surface area contributed by atoms with Crippen LogP contribution in [0.15, 0.2) is 60.9 Å². The Balaban J connectivity index is 1.29. The van der Waals surface area contributed by atoms with Crippen molar-refractivity contribution in [1.82, 2.24) is 14.8 Å². The molecule has 162 valence electrons. The van der Waals surface area contributed by atoms with Gasteiger partial charge in [-0.2, -0.15) is 5.10 Å². The fourth-order valence-corrected chi connectivity index (χ4v) is 4.48. The maximum absolute atomic E-state index is 12.5. The maximum Gasteiger partial charge on any atom is 0.249 e. The molecule has 0 bridgehead atoms. The van der Waals surface area contributed by atoms with Crippen molar-refractivity contribution in [3.8, 4) is 0 Å². The zero-order valence-corrected chi connectivity index (χ0v) is 18.1. The van der Waals surface area contributed by atoms with E-state index >= 15 is 0 Å². The van der Waals surface area contributed by atoms with E-state index in [1.165, 1.54) is 5.56 Å². The van der Waals surface area contributed by atoms with Crippen LogP contribution in [0, 0.1) is 18.8 Å². The number of aryl methyl sites for hydroxylation is 1. The Morgan fingerprint density at radius 2 is 1.90 bits per heavy atom. The molecule has 1 heterocycles. The van der Waals surface area contributed by atoms with Gasteiger partial charge >= 0.3 is 0 Å². The van der Waals surface area contributed by atoms with Gasteiger partial charge in [-0.15, -0.1) is 0 Å². The van der Waals surface area contributed by atoms with E-state index in [1.807, 2.05) is 42.5 Å². The van der Waals surface area contributed by atoms with E-state index in [-0.39, 0.29) is 12.0 Å². The smallest absolute Gasteiger partial charge is 0.249 e. The van der Waals surface area contributed by atoms with Crippen LogP contribution in [-0.4, -0.2) is 25.8 Å². The second-order valence-corrected chi connectivity index (χ2v) is 8.63. The van der Waals surface area contributed by atoms with Crippen LogP contribution in [-0.2, 0) is 11.2 Å². The van der Waals surface area contributed by atoms with Crippen molar-refractivity contribution in [3.05, 3.63) is 77.9 Å². The molecule has 0 radical (unpaired) electrons. The molecule has 4 atom stereocenters. The molecule has 2 aromatic carbocycles. The van der Waals surface area contributed by atoms with Crippen LogP contribution in [0.2, 0.25) is 0 Å². The summed E-state index contributed by atoms with van der Waals surface area (Å²) in [6.07, 6.45) is 5.45. The summed E-state index contributed by atoms with van der Waals surface area (Å²) in [7, 11) is 0. The minimum Gasteiger partial charge on any atom is -0.388 e. The lowest BCUT2D eigenvalue weighted by atomic mass is 9.91. The third kappa shape index (κ3) is 5.20. The van der Waals surface area contributed by atoms with Gasteiger partial charge in [0.1, 0.15) is 18.2 Å². The van der Waals surface area contributed by atoms with E-state index in [1.54, 1.807) is 24.9 Å². The van der Waals surface area contributed by atoms with E-state index in [9.17, 15) is 9.90 Å². The van der Waals surface area contributed by atoms with Gasteiger partial charge in [0, 0.05) is 5.69 Å². The number of hydrogen-bond donors (Lipinski definition) is 2. The molecular weight excluding hydrogens is 388 g/mol. The Labute approximate surface area is 183 Å². The zero-order valence-electron chi connectivity index (χ0n) is 18.1. The van der Waals surface area contributed by atoms with E-state index in [0.29, 0.717) is 17.7 Å². The molecule has 2 N–H and O–H groups in total. The number of benzene rings is 2. The first-order valence-corrected chi connectivity index (χ1v) is 11.0. The van der Waals surface area contributed by atoms with Gasteiger partial charge in [0.2, 0.25) is 5.91 Å². The van der Waals surface area contributed by atoms with Crippen molar-refractivity contribution in [2.24, 2.45) is 11.8 Å². The Morgan fingerprint density at radius 3 is 2.58 bits per heavy atom. The van der Waals surface area contributed by atoms with Crippen LogP contribution in [0.25, 0.3) is 0 Å². The summed E-state index contributed by atoms with van der Waals surface area (Å²) in [4.78, 5) is 16.6. The molecule has 0 saturated heterocycles. The summed E-state index contributed by atoms with van der Waals surface area (Å²) >= 11 is 0. The molecular formula is C25H30N4O2. The van der Waals surface area contributed by atoms with Crippen LogP contribution in [0.1, 0.15) is 55.3 Å². The second kappa shape index (κ2) is 9.43. The lowest BCUT2D eigenvalue weighted by molar-refractivity contribution is -0.119. The molecule has 1 fully saturated rings. The number of aliphatic hydroxyl groups excluding tert-OH is 1. The fraction of sp³-hybridized carbons (Fsp3) is 0.400. The van der Waals surface area contributed by atoms with Gasteiger partial charge in [0.05, 0.1) is 6.10 Å². The number of carbonyl (C=O) groups is 1. The topological polar surface area (TPSA) is 80.0 Å². The molecule has 4 rings (SSSR count). The van der Waals surface area contributed by atoms with Gasteiger partial charge in [-0.05, 0) is 74.6 Å². The van der Waals surface area contributed by atoms with Gasteiger partial charge in [0.15, 0.2) is 0 Å². The van der Waals surface area contributed by atoms with E-state index in [0.717, 1.165) is 36.9 Å². The predicted octanol–water partition coefficient (Wildman–Crippen LogP) is 4.48. The monoisotopic (exact) mass is 418 g/mol. The minimum atomic E-state index is -0.424. The van der Waals surface area contributed by atoms with Crippen LogP contribution in [0.5, 0.6) is 0 Å². The van der Waals surface area contributed by atoms with Crippen molar-refractivity contribution in [2.45, 2.75) is 51.7 Å². The molecule has 31 heavy (non-hydrogen) atoms. The Morgan fingerprint density at radius 1 is 1.16 bits per heavy atom. The van der Waals surface area contributed by atoms with Crippen molar-refractivity contribution < 1.29 is 9.90 Å². The van der Waals surface area contributed by atoms with E-state index in [4.69, 9.17) is 0 Å². The Hall–Kier alpha value is -2.99. The summed E-state index contributed by atoms with van der Waals surface area (Å²) in [5.41, 5.74) is 3.06. The van der Waals surface area contributed by atoms with Crippen molar-refractivity contribution in [3.63, 3.8) is 0 Å². The maximum atomic E-state index is 12.5. The predicted molar refractivity (Wildman–Crippen MR) is 120 cm³/mol. The summed E-state index contributed by atoms with van der Waals surface area (Å²) in [5, 5.41) is 17.9. The van der Waals surface area contributed by atoms with Gasteiger partial charge in [-0.25, -0.2) is 9.67 Å². The van der Waals surface area contributed by atoms with Crippen molar-refractivity contribution in [2.75, 3.05) is 5.32 Å². The number of nitrogens with zero attached hydrogens (tertiary/aromatic N) is 3. The second-order valence-electron chi connectivity index (χ2n) is 8.63. The molecule has 1 aliphatic rings. The Kier molecular flexibility index (Phi) is 6.47. The number of rotatable bonds is 7. The fourth-order valence-electron chi connectivity index (χ4n) is 4.48. The molecule has 1 amide bonds. The van der Waals surface area contributed by atoms with Gasteiger partial charge in [-0.1, -0.05) is 42.5 Å². The standard InChI is InChI=1S/C25H30N4O2/c1-17(29-16-26-18(2)28-29)25(31)27-23-12-9-19(10-13-23)14-20-8-11-22(15-20)24(30)21-6-4-3-5-7-21/h3-7,9-10,12-13,16-17,20,22,24,30H,8,11,14-15H2,1-2H3,(H,27,31)/t17?,20-,22-,24+/m0/s1. The van der Waals surface area contributed by atoms with E-state index in [2.05, 4.69) is 27.5 Å². The molecule has 1 aromatic heterocycles. The molecule has 1 aliphatic carbocycles. The molecule has 0 aliphatic heterocycles. The zero-order chi connectivity index (χ0) is 21.8. The summed E-state index contributed by atoms with van der Waals surface area (Å²) in [5.74, 6) is 1.44. The first-order valence-electron chi connectivity index (χ1n) is 11.0. The first kappa shape index (κ1) is 21.2. The van der Waals surface area contributed by atoms with Crippen molar-refractivity contribution >= 4 is 11.6 Å². The number of anilines is 1. The molecule has 1 saturated carbocycles. The largest absolute Gasteiger partial charge is 0.388 e. The lowest BCUT2D eigenvalue weighted by Crippen LogP contribution is -2.24. The molecule has 6 heteroatoms. The van der Waals surface area contributed by atoms with Crippen LogP contribution in [0.3, 0.4) is 0 Å². The SMILES string of the molecule is Cc1ncn(C(C)C(=O)Nc2ccc(C[C@@H]3CC[C@H]([C@H](O)c4ccccc4)C3)cc2)n1. The van der Waals surface area contributed by atoms with Gasteiger partial charge in [0.25, 0.3) is 0 Å². The Bertz CT molecular complexity index is 1000. The van der Waals surface area contributed by atoms with Crippen LogP contribution >= 0.6 is 0 Å². The number of aliphatic hydroxyl groups is 1. The minimum absolute atomic E-state index is 0.119.